The molecule has 0 saturated carbocycles. The highest BCUT2D eigenvalue weighted by Crippen LogP contribution is 2.13. The van der Waals surface area contributed by atoms with E-state index in [1.54, 1.807) is 24.3 Å². The molecule has 1 aromatic carbocycles. The predicted molar refractivity (Wildman–Crippen MR) is 57.0 cm³/mol. The monoisotopic (exact) mass is 202 g/mol. The van der Waals surface area contributed by atoms with Crippen molar-refractivity contribution >= 4 is 19.6 Å². The highest BCUT2D eigenvalue weighted by Gasteiger charge is 2.22. The van der Waals surface area contributed by atoms with Crippen molar-refractivity contribution in [3.05, 3.63) is 35.4 Å². The minimum absolute atomic E-state index is 0.415. The molecule has 0 bridgehead atoms. The van der Waals surface area contributed by atoms with Crippen LogP contribution in [-0.2, 0) is 9.53 Å². The van der Waals surface area contributed by atoms with Gasteiger partial charge in [-0.25, -0.2) is 0 Å². The van der Waals surface area contributed by atoms with Gasteiger partial charge in [0.05, 0.1) is 20.8 Å². The summed E-state index contributed by atoms with van der Waals surface area (Å²) in [6.45, 7) is 1.91. The number of methoxy groups -OCH3 is 1. The van der Waals surface area contributed by atoms with Crippen LogP contribution in [0.15, 0.2) is 24.3 Å². The molecule has 0 aliphatic rings. The van der Waals surface area contributed by atoms with Crippen molar-refractivity contribution in [3.63, 3.8) is 0 Å². The number of Topliss-reactive ketones (excluding diaryl/α,β-unsaturated/α-hetero) is 1. The summed E-state index contributed by atoms with van der Waals surface area (Å²) in [5, 5.41) is 0. The van der Waals surface area contributed by atoms with Gasteiger partial charge in [-0.3, -0.25) is 9.59 Å². The Morgan fingerprint density at radius 1 is 1.27 bits per heavy atom. The van der Waals surface area contributed by atoms with Crippen molar-refractivity contribution in [1.82, 2.24) is 0 Å². The van der Waals surface area contributed by atoms with Crippen LogP contribution in [0.5, 0.6) is 0 Å². The van der Waals surface area contributed by atoms with Crippen LogP contribution < -0.4 is 0 Å². The van der Waals surface area contributed by atoms with Crippen molar-refractivity contribution in [2.75, 3.05) is 7.11 Å². The third-order valence-corrected chi connectivity index (χ3v) is 2.07. The number of carbonyl (C=O) groups excluding carboxylic acids is 2. The van der Waals surface area contributed by atoms with Crippen LogP contribution in [0.3, 0.4) is 0 Å². The molecular weight excluding hydrogens is 191 g/mol. The minimum Gasteiger partial charge on any atom is -0.469 e. The Morgan fingerprint density at radius 2 is 1.80 bits per heavy atom. The fraction of sp³-hybridized carbons (Fsp3) is 0.273. The fourth-order valence-electron chi connectivity index (χ4n) is 1.13. The maximum Gasteiger partial charge on any atom is 0.307 e. The average molecular weight is 202 g/mol. The van der Waals surface area contributed by atoms with Gasteiger partial charge in [0.15, 0.2) is 5.78 Å². The number of rotatable bonds is 3. The Morgan fingerprint density at radius 3 is 2.27 bits per heavy atom. The van der Waals surface area contributed by atoms with E-state index < -0.39 is 17.6 Å². The van der Waals surface area contributed by atoms with Crippen molar-refractivity contribution in [3.8, 4) is 0 Å². The van der Waals surface area contributed by atoms with Crippen molar-refractivity contribution < 1.29 is 14.3 Å². The molecule has 3 nitrogen and oxygen atoms in total. The van der Waals surface area contributed by atoms with Gasteiger partial charge in [-0.2, -0.15) is 0 Å². The van der Waals surface area contributed by atoms with E-state index in [9.17, 15) is 9.59 Å². The number of benzene rings is 1. The van der Waals surface area contributed by atoms with E-state index in [2.05, 4.69) is 4.74 Å². The Balaban J connectivity index is 2.85. The number of ether oxygens (including phenoxy) is 1. The van der Waals surface area contributed by atoms with Gasteiger partial charge in [0.25, 0.3) is 0 Å². The second kappa shape index (κ2) is 4.78. The summed E-state index contributed by atoms with van der Waals surface area (Å²) < 4.78 is 4.39. The second-order valence-electron chi connectivity index (χ2n) is 3.23. The summed E-state index contributed by atoms with van der Waals surface area (Å²) in [6.07, 6.45) is 0. The van der Waals surface area contributed by atoms with Crippen molar-refractivity contribution in [2.24, 2.45) is 0 Å². The number of ketones is 1. The van der Waals surface area contributed by atoms with Crippen LogP contribution >= 0.6 is 0 Å². The van der Waals surface area contributed by atoms with Crippen LogP contribution in [0.1, 0.15) is 15.9 Å². The molecule has 0 amide bonds. The first kappa shape index (κ1) is 11.5. The molecule has 15 heavy (non-hydrogen) atoms. The molecule has 1 rings (SSSR count). The number of aryl methyl sites for hydroxylation is 1. The summed E-state index contributed by atoms with van der Waals surface area (Å²) in [5.74, 6) is -2.39. The highest BCUT2D eigenvalue weighted by molar-refractivity contribution is 6.38. The second-order valence-corrected chi connectivity index (χ2v) is 3.23. The Hall–Kier alpha value is -1.58. The first-order chi connectivity index (χ1) is 7.06. The zero-order valence-corrected chi connectivity index (χ0v) is 8.69. The molecule has 1 unspecified atom stereocenters. The molecule has 4 heteroatoms. The number of carbonyl (C=O) groups is 2. The van der Waals surface area contributed by atoms with Gasteiger partial charge in [0.2, 0.25) is 0 Å². The number of hydrogen-bond acceptors (Lipinski definition) is 3. The minimum atomic E-state index is -1.24. The molecule has 0 fully saturated rings. The van der Waals surface area contributed by atoms with E-state index in [1.165, 1.54) is 7.11 Å². The molecule has 76 valence electrons. The maximum absolute atomic E-state index is 11.6. The molecule has 0 heterocycles. The Labute approximate surface area is 89.8 Å². The lowest BCUT2D eigenvalue weighted by Gasteiger charge is -2.08. The van der Waals surface area contributed by atoms with Crippen LogP contribution in [0.25, 0.3) is 0 Å². The molecule has 1 aromatic rings. The largest absolute Gasteiger partial charge is 0.469 e. The third kappa shape index (κ3) is 2.69. The zero-order valence-electron chi connectivity index (χ0n) is 8.69. The van der Waals surface area contributed by atoms with Gasteiger partial charge >= 0.3 is 5.97 Å². The fourth-order valence-corrected chi connectivity index (χ4v) is 1.13. The molecule has 0 aromatic heterocycles. The molecule has 1 atom stereocenters. The summed E-state index contributed by atoms with van der Waals surface area (Å²) in [6, 6.07) is 6.86. The topological polar surface area (TPSA) is 43.4 Å². The van der Waals surface area contributed by atoms with Crippen molar-refractivity contribution in [1.29, 1.82) is 0 Å². The maximum atomic E-state index is 11.6. The standard InChI is InChI=1S/C11H11BO3/c1-7-3-5-8(6-4-7)10(13)9(12)11(14)15-2/h3-6,9H,1-2H3. The molecule has 0 aliphatic heterocycles. The van der Waals surface area contributed by atoms with E-state index in [-0.39, 0.29) is 0 Å². The molecule has 0 N–H and O–H groups in total. The van der Waals surface area contributed by atoms with Crippen LogP contribution in [0, 0.1) is 6.92 Å². The van der Waals surface area contributed by atoms with Gasteiger partial charge in [0, 0.05) is 5.56 Å². The van der Waals surface area contributed by atoms with Crippen LogP contribution in [0.4, 0.5) is 0 Å². The lowest BCUT2D eigenvalue weighted by Crippen LogP contribution is -2.19. The van der Waals surface area contributed by atoms with Crippen LogP contribution in [-0.4, -0.2) is 26.7 Å². The van der Waals surface area contributed by atoms with Crippen LogP contribution in [0.2, 0.25) is 5.82 Å². The van der Waals surface area contributed by atoms with E-state index >= 15 is 0 Å². The Bertz CT molecular complexity index is 370. The third-order valence-electron chi connectivity index (χ3n) is 2.07. The van der Waals surface area contributed by atoms with Gasteiger partial charge in [0.1, 0.15) is 0 Å². The molecule has 0 saturated heterocycles. The molecule has 0 spiro atoms. The molecule has 0 aliphatic carbocycles. The first-order valence-electron chi connectivity index (χ1n) is 4.50. The summed E-state index contributed by atoms with van der Waals surface area (Å²) in [5.41, 5.74) is 1.46. The molecule has 2 radical (unpaired) electrons. The Kier molecular flexibility index (Phi) is 3.66. The van der Waals surface area contributed by atoms with E-state index in [4.69, 9.17) is 7.85 Å². The van der Waals surface area contributed by atoms with Gasteiger partial charge in [-0.1, -0.05) is 29.8 Å². The average Bonchev–Trinajstić information content (AvgIpc) is 2.27. The van der Waals surface area contributed by atoms with E-state index in [0.29, 0.717) is 5.56 Å². The lowest BCUT2D eigenvalue weighted by atomic mass is 9.81. The SMILES string of the molecule is [B]C(C(=O)OC)C(=O)c1ccc(C)cc1. The van der Waals surface area contributed by atoms with Gasteiger partial charge in [-0.05, 0) is 6.92 Å². The number of hydrogen-bond donors (Lipinski definition) is 0. The predicted octanol–water partition coefficient (Wildman–Crippen LogP) is 1.31. The summed E-state index contributed by atoms with van der Waals surface area (Å²) in [7, 11) is 6.62. The van der Waals surface area contributed by atoms with E-state index in [1.807, 2.05) is 6.92 Å². The van der Waals surface area contributed by atoms with E-state index in [0.717, 1.165) is 5.56 Å². The smallest absolute Gasteiger partial charge is 0.307 e. The summed E-state index contributed by atoms with van der Waals surface area (Å²) >= 11 is 0. The van der Waals surface area contributed by atoms with Crippen molar-refractivity contribution in [2.45, 2.75) is 12.7 Å². The zero-order chi connectivity index (χ0) is 11.4. The highest BCUT2D eigenvalue weighted by atomic mass is 16.5. The molecular formula is C11H11BO3. The van der Waals surface area contributed by atoms with Gasteiger partial charge in [-0.15, -0.1) is 0 Å². The lowest BCUT2D eigenvalue weighted by molar-refractivity contribution is -0.139. The number of esters is 1. The first-order valence-corrected chi connectivity index (χ1v) is 4.50. The normalized spacial score (nSPS) is 11.9. The van der Waals surface area contributed by atoms with Gasteiger partial charge < -0.3 is 4.74 Å². The quantitative estimate of drug-likeness (QED) is 0.321. The summed E-state index contributed by atoms with van der Waals surface area (Å²) in [4.78, 5) is 22.7.